The molecule has 4 nitrogen and oxygen atoms in total. The smallest absolute Gasteiger partial charge is 0.151 e. The maximum absolute atomic E-state index is 11.4. The Labute approximate surface area is 96.9 Å². The Hall–Kier alpha value is -0.420. The summed E-state index contributed by atoms with van der Waals surface area (Å²) in [5.74, 6) is 0.977. The second-order valence-electron chi connectivity index (χ2n) is 4.99. The molecule has 2 rings (SSSR count). The van der Waals surface area contributed by atoms with Crippen LogP contribution in [0.25, 0.3) is 0 Å². The van der Waals surface area contributed by atoms with Gasteiger partial charge in [0.2, 0.25) is 0 Å². The van der Waals surface area contributed by atoms with Gasteiger partial charge in [0.05, 0.1) is 11.5 Å². The summed E-state index contributed by atoms with van der Waals surface area (Å²) in [6.07, 6.45) is 3.87. The third-order valence-corrected chi connectivity index (χ3v) is 5.62. The highest BCUT2D eigenvalue weighted by Gasteiger charge is 2.34. The van der Waals surface area contributed by atoms with E-state index < -0.39 is 9.84 Å². The highest BCUT2D eigenvalue weighted by Crippen LogP contribution is 2.25. The number of carbonyl (C=O) groups excluding carboxylic acids is 1. The summed E-state index contributed by atoms with van der Waals surface area (Å²) in [7, 11) is -0.793. The van der Waals surface area contributed by atoms with Gasteiger partial charge in [-0.25, -0.2) is 8.42 Å². The molecule has 1 saturated carbocycles. The van der Waals surface area contributed by atoms with Gasteiger partial charge in [0, 0.05) is 24.9 Å². The van der Waals surface area contributed by atoms with Crippen LogP contribution in [0.5, 0.6) is 0 Å². The van der Waals surface area contributed by atoms with Gasteiger partial charge in [-0.1, -0.05) is 0 Å². The van der Waals surface area contributed by atoms with Crippen LogP contribution in [0.15, 0.2) is 0 Å². The number of carbonyl (C=O) groups is 1. The monoisotopic (exact) mass is 245 g/mol. The molecule has 0 N–H and O–H groups in total. The molecule has 2 fully saturated rings. The molecule has 0 bridgehead atoms. The quantitative estimate of drug-likeness (QED) is 0.715. The predicted octanol–water partition coefficient (Wildman–Crippen LogP) is 0.617. The summed E-state index contributed by atoms with van der Waals surface area (Å²) in [6, 6.07) is 0.569. The number of hydrogen-bond donors (Lipinski definition) is 0. The third-order valence-electron chi connectivity index (χ3n) is 3.87. The standard InChI is InChI=1S/C11H19NO3S/c1-12(9-2-4-11(13)5-3-9)10-6-7-16(14,15)8-10/h9-10H,2-8H2,1H3. The van der Waals surface area contributed by atoms with Gasteiger partial charge >= 0.3 is 0 Å². The van der Waals surface area contributed by atoms with Crippen molar-refractivity contribution >= 4 is 15.6 Å². The molecular formula is C11H19NO3S. The van der Waals surface area contributed by atoms with Crippen molar-refractivity contribution in [1.29, 1.82) is 0 Å². The first-order valence-electron chi connectivity index (χ1n) is 5.92. The van der Waals surface area contributed by atoms with E-state index in [4.69, 9.17) is 0 Å². The average molecular weight is 245 g/mol. The van der Waals surface area contributed by atoms with Gasteiger partial charge < -0.3 is 0 Å². The molecule has 1 saturated heterocycles. The van der Waals surface area contributed by atoms with E-state index in [9.17, 15) is 13.2 Å². The Balaban J connectivity index is 1.93. The second kappa shape index (κ2) is 4.45. The van der Waals surface area contributed by atoms with E-state index in [2.05, 4.69) is 4.90 Å². The van der Waals surface area contributed by atoms with Gasteiger partial charge in [0.25, 0.3) is 0 Å². The Morgan fingerprint density at radius 2 is 1.75 bits per heavy atom. The minimum Gasteiger partial charge on any atom is -0.300 e. The zero-order valence-corrected chi connectivity index (χ0v) is 10.5. The molecule has 0 aromatic rings. The molecule has 1 unspecified atom stereocenters. The van der Waals surface area contributed by atoms with Crippen molar-refractivity contribution in [2.24, 2.45) is 0 Å². The summed E-state index contributed by atoms with van der Waals surface area (Å²) >= 11 is 0. The van der Waals surface area contributed by atoms with Gasteiger partial charge in [0.1, 0.15) is 5.78 Å². The molecule has 0 aromatic carbocycles. The van der Waals surface area contributed by atoms with E-state index in [0.29, 0.717) is 36.2 Å². The number of rotatable bonds is 2. The molecule has 16 heavy (non-hydrogen) atoms. The molecule has 92 valence electrons. The lowest BCUT2D eigenvalue weighted by Crippen LogP contribution is -2.42. The maximum atomic E-state index is 11.4. The molecule has 0 aromatic heterocycles. The fraction of sp³-hybridized carbons (Fsp3) is 0.909. The van der Waals surface area contributed by atoms with Crippen molar-refractivity contribution in [2.45, 2.75) is 44.2 Å². The highest BCUT2D eigenvalue weighted by molar-refractivity contribution is 7.91. The molecule has 0 amide bonds. The van der Waals surface area contributed by atoms with Crippen LogP contribution in [0.2, 0.25) is 0 Å². The van der Waals surface area contributed by atoms with E-state index in [-0.39, 0.29) is 6.04 Å². The fourth-order valence-corrected chi connectivity index (χ4v) is 4.51. The summed E-state index contributed by atoms with van der Waals surface area (Å²) < 4.78 is 22.8. The lowest BCUT2D eigenvalue weighted by atomic mass is 9.92. The van der Waals surface area contributed by atoms with Crippen LogP contribution in [-0.4, -0.2) is 49.7 Å². The summed E-state index contributed by atoms with van der Waals surface area (Å²) in [4.78, 5) is 13.3. The van der Waals surface area contributed by atoms with Crippen LogP contribution >= 0.6 is 0 Å². The fourth-order valence-electron chi connectivity index (χ4n) is 2.73. The summed E-state index contributed by atoms with van der Waals surface area (Å²) in [5.41, 5.74) is 0. The highest BCUT2D eigenvalue weighted by atomic mass is 32.2. The summed E-state index contributed by atoms with van der Waals surface area (Å²) in [6.45, 7) is 0. The van der Waals surface area contributed by atoms with E-state index in [0.717, 1.165) is 19.3 Å². The first-order chi connectivity index (χ1) is 7.48. The predicted molar refractivity (Wildman–Crippen MR) is 62.1 cm³/mol. The number of ketones is 1. The SMILES string of the molecule is CN(C1CCC(=O)CC1)C1CCS(=O)(=O)C1. The Morgan fingerprint density at radius 1 is 1.12 bits per heavy atom. The first-order valence-corrected chi connectivity index (χ1v) is 7.74. The van der Waals surface area contributed by atoms with Crippen molar-refractivity contribution in [3.05, 3.63) is 0 Å². The van der Waals surface area contributed by atoms with Crippen molar-refractivity contribution < 1.29 is 13.2 Å². The zero-order chi connectivity index (χ0) is 11.8. The molecule has 1 aliphatic carbocycles. The third kappa shape index (κ3) is 2.63. The van der Waals surface area contributed by atoms with Crippen LogP contribution in [-0.2, 0) is 14.6 Å². The second-order valence-corrected chi connectivity index (χ2v) is 7.22. The molecule has 5 heteroatoms. The van der Waals surface area contributed by atoms with Gasteiger partial charge in [-0.05, 0) is 26.3 Å². The maximum Gasteiger partial charge on any atom is 0.151 e. The Kier molecular flexibility index (Phi) is 3.35. The Bertz CT molecular complexity index is 367. The summed E-state index contributed by atoms with van der Waals surface area (Å²) in [5, 5.41) is 0. The molecular weight excluding hydrogens is 226 g/mol. The normalized spacial score (nSPS) is 31.1. The lowest BCUT2D eigenvalue weighted by Gasteiger charge is -2.34. The largest absolute Gasteiger partial charge is 0.300 e. The van der Waals surface area contributed by atoms with Gasteiger partial charge in [-0.3, -0.25) is 9.69 Å². The molecule has 1 atom stereocenters. The number of hydrogen-bond acceptors (Lipinski definition) is 4. The van der Waals surface area contributed by atoms with E-state index in [1.54, 1.807) is 0 Å². The average Bonchev–Trinajstić information content (AvgIpc) is 2.59. The Morgan fingerprint density at radius 3 is 2.25 bits per heavy atom. The van der Waals surface area contributed by atoms with Crippen LogP contribution in [0.1, 0.15) is 32.1 Å². The van der Waals surface area contributed by atoms with Gasteiger partial charge in [0.15, 0.2) is 9.84 Å². The number of nitrogens with zero attached hydrogens (tertiary/aromatic N) is 1. The van der Waals surface area contributed by atoms with Crippen LogP contribution in [0.3, 0.4) is 0 Å². The van der Waals surface area contributed by atoms with E-state index >= 15 is 0 Å². The zero-order valence-electron chi connectivity index (χ0n) is 9.68. The van der Waals surface area contributed by atoms with Crippen molar-refractivity contribution in [1.82, 2.24) is 4.90 Å². The van der Waals surface area contributed by atoms with Crippen molar-refractivity contribution in [3.63, 3.8) is 0 Å². The minimum absolute atomic E-state index is 0.170. The van der Waals surface area contributed by atoms with E-state index in [1.807, 2.05) is 7.05 Å². The topological polar surface area (TPSA) is 54.5 Å². The van der Waals surface area contributed by atoms with Crippen LogP contribution in [0, 0.1) is 0 Å². The molecule has 0 radical (unpaired) electrons. The van der Waals surface area contributed by atoms with Gasteiger partial charge in [-0.15, -0.1) is 0 Å². The minimum atomic E-state index is -2.80. The molecule has 1 heterocycles. The van der Waals surface area contributed by atoms with Gasteiger partial charge in [-0.2, -0.15) is 0 Å². The first kappa shape index (κ1) is 12.0. The van der Waals surface area contributed by atoms with E-state index in [1.165, 1.54) is 0 Å². The molecule has 1 aliphatic heterocycles. The van der Waals surface area contributed by atoms with Crippen LogP contribution < -0.4 is 0 Å². The lowest BCUT2D eigenvalue weighted by molar-refractivity contribution is -0.121. The number of Topliss-reactive ketones (excluding diaryl/α,β-unsaturated/α-hetero) is 1. The number of sulfone groups is 1. The molecule has 2 aliphatic rings. The molecule has 0 spiro atoms. The van der Waals surface area contributed by atoms with Crippen molar-refractivity contribution in [3.8, 4) is 0 Å². The van der Waals surface area contributed by atoms with Crippen LogP contribution in [0.4, 0.5) is 0 Å². The van der Waals surface area contributed by atoms with Crippen molar-refractivity contribution in [2.75, 3.05) is 18.6 Å².